The lowest BCUT2D eigenvalue weighted by Gasteiger charge is -1.95. The standard InChI is InChI=1S/C6H7ClN2.C2H6/c1-4-2-3-5(7)9-6(4)8;1-2/h2-3H,1H3,(H2,8,9);1-2H3. The molecule has 1 aromatic heterocycles. The molecule has 0 unspecified atom stereocenters. The van der Waals surface area contributed by atoms with Gasteiger partial charge in [-0.15, -0.1) is 0 Å². The summed E-state index contributed by atoms with van der Waals surface area (Å²) in [5.74, 6) is 0.502. The van der Waals surface area contributed by atoms with E-state index in [2.05, 4.69) is 4.98 Å². The van der Waals surface area contributed by atoms with Crippen molar-refractivity contribution in [2.45, 2.75) is 20.8 Å². The Kier molecular flexibility index (Phi) is 4.62. The molecule has 0 aromatic carbocycles. The molecule has 0 bridgehead atoms. The first-order chi connectivity index (χ1) is 5.20. The molecule has 2 nitrogen and oxygen atoms in total. The van der Waals surface area contributed by atoms with Crippen LogP contribution in [-0.4, -0.2) is 4.98 Å². The molecular weight excluding hydrogens is 160 g/mol. The second-order valence-corrected chi connectivity index (χ2v) is 2.22. The fourth-order valence-electron chi connectivity index (χ4n) is 0.520. The minimum Gasteiger partial charge on any atom is -0.383 e. The number of aromatic nitrogens is 1. The van der Waals surface area contributed by atoms with Crippen molar-refractivity contribution < 1.29 is 0 Å². The van der Waals surface area contributed by atoms with Crippen LogP contribution in [0.5, 0.6) is 0 Å². The van der Waals surface area contributed by atoms with Crippen LogP contribution < -0.4 is 5.73 Å². The molecule has 0 atom stereocenters. The predicted molar refractivity (Wildman–Crippen MR) is 49.7 cm³/mol. The number of hydrogen-bond acceptors (Lipinski definition) is 2. The number of halogens is 1. The molecule has 0 aliphatic rings. The molecular formula is C8H13ClN2. The highest BCUT2D eigenvalue weighted by atomic mass is 35.5. The molecule has 2 N–H and O–H groups in total. The summed E-state index contributed by atoms with van der Waals surface area (Å²) in [7, 11) is 0. The molecule has 1 heterocycles. The molecule has 0 aliphatic carbocycles. The molecule has 0 radical (unpaired) electrons. The molecule has 0 fully saturated rings. The van der Waals surface area contributed by atoms with Crippen LogP contribution in [0.25, 0.3) is 0 Å². The molecule has 0 amide bonds. The first-order valence-corrected chi connectivity index (χ1v) is 3.96. The van der Waals surface area contributed by atoms with Gasteiger partial charge in [0, 0.05) is 0 Å². The van der Waals surface area contributed by atoms with Crippen LogP contribution in [0.3, 0.4) is 0 Å². The predicted octanol–water partition coefficient (Wildman–Crippen LogP) is 2.65. The van der Waals surface area contributed by atoms with E-state index in [1.54, 1.807) is 6.07 Å². The van der Waals surface area contributed by atoms with Crippen molar-refractivity contribution in [1.82, 2.24) is 4.98 Å². The zero-order chi connectivity index (χ0) is 8.85. The van der Waals surface area contributed by atoms with Crippen molar-refractivity contribution in [3.8, 4) is 0 Å². The average molecular weight is 173 g/mol. The summed E-state index contributed by atoms with van der Waals surface area (Å²) in [6.07, 6.45) is 0. The van der Waals surface area contributed by atoms with Gasteiger partial charge in [-0.1, -0.05) is 31.5 Å². The molecule has 1 rings (SSSR count). The fraction of sp³-hybridized carbons (Fsp3) is 0.375. The van der Waals surface area contributed by atoms with Gasteiger partial charge in [-0.05, 0) is 18.6 Å². The van der Waals surface area contributed by atoms with Crippen LogP contribution in [0.2, 0.25) is 5.15 Å². The minimum atomic E-state index is 0.443. The molecule has 0 spiro atoms. The zero-order valence-corrected chi connectivity index (χ0v) is 7.81. The number of hydrogen-bond donors (Lipinski definition) is 1. The lowest BCUT2D eigenvalue weighted by atomic mass is 10.3. The van der Waals surface area contributed by atoms with Crippen molar-refractivity contribution in [2.75, 3.05) is 5.73 Å². The Morgan fingerprint density at radius 2 is 1.91 bits per heavy atom. The maximum atomic E-state index is 5.53. The molecule has 62 valence electrons. The van der Waals surface area contributed by atoms with E-state index in [0.29, 0.717) is 11.0 Å². The van der Waals surface area contributed by atoms with Gasteiger partial charge in [-0.25, -0.2) is 4.98 Å². The highest BCUT2D eigenvalue weighted by Crippen LogP contribution is 2.10. The second kappa shape index (κ2) is 4.97. The van der Waals surface area contributed by atoms with Crippen molar-refractivity contribution in [3.05, 3.63) is 22.8 Å². The Balaban J connectivity index is 0.000000461. The second-order valence-electron chi connectivity index (χ2n) is 1.84. The summed E-state index contributed by atoms with van der Waals surface area (Å²) < 4.78 is 0. The van der Waals surface area contributed by atoms with E-state index in [1.165, 1.54) is 0 Å². The highest BCUT2D eigenvalue weighted by molar-refractivity contribution is 6.29. The Hall–Kier alpha value is -0.760. The average Bonchev–Trinajstić information content (AvgIpc) is 2.02. The van der Waals surface area contributed by atoms with E-state index in [0.717, 1.165) is 5.56 Å². The van der Waals surface area contributed by atoms with E-state index >= 15 is 0 Å². The summed E-state index contributed by atoms with van der Waals surface area (Å²) in [6.45, 7) is 5.89. The Morgan fingerprint density at radius 3 is 2.27 bits per heavy atom. The van der Waals surface area contributed by atoms with Gasteiger partial charge in [-0.3, -0.25) is 0 Å². The number of nitrogen functional groups attached to an aromatic ring is 1. The maximum absolute atomic E-state index is 5.53. The highest BCUT2D eigenvalue weighted by Gasteiger charge is 1.92. The van der Waals surface area contributed by atoms with Crippen LogP contribution in [-0.2, 0) is 0 Å². The van der Waals surface area contributed by atoms with Crippen LogP contribution in [0.4, 0.5) is 5.82 Å². The third-order valence-electron chi connectivity index (χ3n) is 1.10. The van der Waals surface area contributed by atoms with Crippen LogP contribution in [0.1, 0.15) is 19.4 Å². The smallest absolute Gasteiger partial charge is 0.131 e. The topological polar surface area (TPSA) is 38.9 Å². The fourth-order valence-corrected chi connectivity index (χ4v) is 0.674. The Bertz CT molecular complexity index is 223. The number of anilines is 1. The van der Waals surface area contributed by atoms with E-state index in [1.807, 2.05) is 26.8 Å². The van der Waals surface area contributed by atoms with Gasteiger partial charge in [0.25, 0.3) is 0 Å². The number of aryl methyl sites for hydroxylation is 1. The largest absolute Gasteiger partial charge is 0.383 e. The Morgan fingerprint density at radius 1 is 1.36 bits per heavy atom. The molecule has 1 aromatic rings. The lowest BCUT2D eigenvalue weighted by Crippen LogP contribution is -1.92. The summed E-state index contributed by atoms with van der Waals surface area (Å²) >= 11 is 5.53. The molecule has 0 saturated heterocycles. The summed E-state index contributed by atoms with van der Waals surface area (Å²) in [5.41, 5.74) is 6.38. The van der Waals surface area contributed by atoms with Gasteiger partial charge >= 0.3 is 0 Å². The number of pyridine rings is 1. The molecule has 3 heteroatoms. The van der Waals surface area contributed by atoms with E-state index in [9.17, 15) is 0 Å². The molecule has 0 saturated carbocycles. The zero-order valence-electron chi connectivity index (χ0n) is 7.06. The third-order valence-corrected chi connectivity index (χ3v) is 1.31. The number of nitrogens with zero attached hydrogens (tertiary/aromatic N) is 1. The summed E-state index contributed by atoms with van der Waals surface area (Å²) in [6, 6.07) is 3.55. The Labute approximate surface area is 72.4 Å². The first-order valence-electron chi connectivity index (χ1n) is 3.59. The van der Waals surface area contributed by atoms with Gasteiger partial charge in [-0.2, -0.15) is 0 Å². The monoisotopic (exact) mass is 172 g/mol. The molecule has 0 aliphatic heterocycles. The van der Waals surface area contributed by atoms with Crippen molar-refractivity contribution >= 4 is 17.4 Å². The van der Waals surface area contributed by atoms with Gasteiger partial charge in [0.15, 0.2) is 0 Å². The van der Waals surface area contributed by atoms with Gasteiger partial charge in [0.05, 0.1) is 0 Å². The quantitative estimate of drug-likeness (QED) is 0.612. The normalized spacial score (nSPS) is 8.36. The van der Waals surface area contributed by atoms with E-state index < -0.39 is 0 Å². The number of nitrogens with two attached hydrogens (primary N) is 1. The third kappa shape index (κ3) is 3.23. The van der Waals surface area contributed by atoms with E-state index in [-0.39, 0.29) is 0 Å². The minimum absolute atomic E-state index is 0.443. The van der Waals surface area contributed by atoms with Crippen LogP contribution in [0, 0.1) is 6.92 Å². The first kappa shape index (κ1) is 10.2. The van der Waals surface area contributed by atoms with Crippen LogP contribution in [0.15, 0.2) is 12.1 Å². The number of rotatable bonds is 0. The van der Waals surface area contributed by atoms with Crippen molar-refractivity contribution in [3.63, 3.8) is 0 Å². The van der Waals surface area contributed by atoms with Gasteiger partial charge in [0.1, 0.15) is 11.0 Å². The summed E-state index contributed by atoms with van der Waals surface area (Å²) in [5, 5.41) is 0.443. The maximum Gasteiger partial charge on any atom is 0.131 e. The lowest BCUT2D eigenvalue weighted by molar-refractivity contribution is 1.28. The van der Waals surface area contributed by atoms with Gasteiger partial charge < -0.3 is 5.73 Å². The van der Waals surface area contributed by atoms with Gasteiger partial charge in [0.2, 0.25) is 0 Å². The summed E-state index contributed by atoms with van der Waals surface area (Å²) in [4.78, 5) is 3.82. The van der Waals surface area contributed by atoms with Crippen molar-refractivity contribution in [1.29, 1.82) is 0 Å². The van der Waals surface area contributed by atoms with Crippen molar-refractivity contribution in [2.24, 2.45) is 0 Å². The SMILES string of the molecule is CC.Cc1ccc(Cl)nc1N. The molecule has 11 heavy (non-hydrogen) atoms. The van der Waals surface area contributed by atoms with E-state index in [4.69, 9.17) is 17.3 Å². The van der Waals surface area contributed by atoms with Crippen LogP contribution >= 0.6 is 11.6 Å².